The van der Waals surface area contributed by atoms with E-state index in [4.69, 9.17) is 14.2 Å². The highest BCUT2D eigenvalue weighted by Crippen LogP contribution is 2.22. The Hall–Kier alpha value is -2.57. The summed E-state index contributed by atoms with van der Waals surface area (Å²) in [4.78, 5) is 27.1. The first-order chi connectivity index (χ1) is 11.1. The summed E-state index contributed by atoms with van der Waals surface area (Å²) in [6.45, 7) is 2.11. The highest BCUT2D eigenvalue weighted by molar-refractivity contribution is 5.77. The molecule has 1 rings (SSSR count). The van der Waals surface area contributed by atoms with E-state index in [0.717, 1.165) is 0 Å². The predicted octanol–water partition coefficient (Wildman–Crippen LogP) is 2.47. The first-order valence-electron chi connectivity index (χ1n) is 7.14. The van der Waals surface area contributed by atoms with Gasteiger partial charge in [-0.05, 0) is 25.5 Å². The van der Waals surface area contributed by atoms with E-state index in [9.17, 15) is 9.59 Å². The number of carbonyl (C=O) groups excluding carboxylic acids is 2. The quantitative estimate of drug-likeness (QED) is 0.536. The van der Waals surface area contributed by atoms with Crippen LogP contribution in [0.15, 0.2) is 30.5 Å². The van der Waals surface area contributed by atoms with E-state index in [1.165, 1.54) is 7.11 Å². The van der Waals surface area contributed by atoms with E-state index < -0.39 is 12.1 Å². The zero-order valence-corrected chi connectivity index (χ0v) is 13.5. The number of allylic oxidation sites excluding steroid dienone is 1. The Morgan fingerprint density at radius 2 is 2.00 bits per heavy atom. The lowest BCUT2D eigenvalue weighted by Gasteiger charge is -2.13. The molecule has 1 heterocycles. The first-order valence-corrected chi connectivity index (χ1v) is 7.14. The van der Waals surface area contributed by atoms with E-state index >= 15 is 0 Å². The summed E-state index contributed by atoms with van der Waals surface area (Å²) in [6.07, 6.45) is 4.53. The van der Waals surface area contributed by atoms with E-state index in [-0.39, 0.29) is 12.6 Å². The highest BCUT2D eigenvalue weighted by Gasteiger charge is 2.22. The van der Waals surface area contributed by atoms with Crippen LogP contribution in [0.25, 0.3) is 0 Å². The van der Waals surface area contributed by atoms with Crippen molar-refractivity contribution in [2.45, 2.75) is 19.3 Å². The molecule has 23 heavy (non-hydrogen) atoms. The highest BCUT2D eigenvalue weighted by atomic mass is 16.7. The number of hydrogen-bond donors (Lipinski definition) is 0. The third-order valence-corrected chi connectivity index (χ3v) is 2.93. The van der Waals surface area contributed by atoms with E-state index in [1.54, 1.807) is 44.5 Å². The molecule has 1 unspecified atom stereocenters. The van der Waals surface area contributed by atoms with Gasteiger partial charge in [0.15, 0.2) is 0 Å². The number of ether oxygens (including phenoxy) is 4. The van der Waals surface area contributed by atoms with E-state index in [0.29, 0.717) is 24.5 Å². The van der Waals surface area contributed by atoms with E-state index in [2.05, 4.69) is 9.72 Å². The first kappa shape index (κ1) is 18.5. The molecule has 0 N–H and O–H groups in total. The molecule has 1 aromatic rings. The molecule has 0 amide bonds. The van der Waals surface area contributed by atoms with Crippen LogP contribution >= 0.6 is 0 Å². The van der Waals surface area contributed by atoms with Crippen molar-refractivity contribution in [3.8, 4) is 5.75 Å². The summed E-state index contributed by atoms with van der Waals surface area (Å²) < 4.78 is 19.2. The molecule has 1 aromatic heterocycles. The number of pyridine rings is 1. The Kier molecular flexibility index (Phi) is 8.20. The lowest BCUT2D eigenvalue weighted by Crippen LogP contribution is -2.16. The molecule has 7 heteroatoms. The Labute approximate surface area is 135 Å². The second-order valence-corrected chi connectivity index (χ2v) is 4.40. The number of nitrogens with zero attached hydrogens (tertiary/aromatic N) is 1. The van der Waals surface area contributed by atoms with Gasteiger partial charge in [0.05, 0.1) is 32.7 Å². The fraction of sp³-hybridized carbons (Fsp3) is 0.438. The lowest BCUT2D eigenvalue weighted by atomic mass is 10.0. The normalized spacial score (nSPS) is 11.8. The number of esters is 1. The molecule has 126 valence electrons. The fourth-order valence-electron chi connectivity index (χ4n) is 1.77. The van der Waals surface area contributed by atoms with Gasteiger partial charge in [0.25, 0.3) is 0 Å². The van der Waals surface area contributed by atoms with Crippen LogP contribution in [0.4, 0.5) is 4.79 Å². The zero-order chi connectivity index (χ0) is 17.1. The van der Waals surface area contributed by atoms with Gasteiger partial charge < -0.3 is 18.9 Å². The van der Waals surface area contributed by atoms with Crippen molar-refractivity contribution < 1.29 is 28.5 Å². The Morgan fingerprint density at radius 1 is 1.22 bits per heavy atom. The van der Waals surface area contributed by atoms with Gasteiger partial charge in [0.2, 0.25) is 0 Å². The van der Waals surface area contributed by atoms with Crippen molar-refractivity contribution >= 4 is 12.1 Å². The third-order valence-electron chi connectivity index (χ3n) is 2.93. The lowest BCUT2D eigenvalue weighted by molar-refractivity contribution is -0.145. The van der Waals surface area contributed by atoms with Gasteiger partial charge in [-0.3, -0.25) is 9.78 Å². The summed E-state index contributed by atoms with van der Waals surface area (Å²) in [5, 5.41) is 0. The zero-order valence-electron chi connectivity index (χ0n) is 13.5. The molecule has 0 saturated heterocycles. The molecule has 0 spiro atoms. The minimum Gasteiger partial charge on any atom is -0.495 e. The Balaban J connectivity index is 2.70. The Morgan fingerprint density at radius 3 is 2.57 bits per heavy atom. The number of hydrogen-bond acceptors (Lipinski definition) is 7. The van der Waals surface area contributed by atoms with Crippen molar-refractivity contribution in [1.29, 1.82) is 0 Å². The molecule has 1 atom stereocenters. The minimum atomic E-state index is -0.756. The molecule has 0 radical (unpaired) electrons. The van der Waals surface area contributed by atoms with Crippen LogP contribution in [-0.4, -0.2) is 44.5 Å². The molecule has 0 aliphatic carbocycles. The summed E-state index contributed by atoms with van der Waals surface area (Å²) >= 11 is 0. The van der Waals surface area contributed by atoms with Crippen LogP contribution in [0.2, 0.25) is 0 Å². The second-order valence-electron chi connectivity index (χ2n) is 4.40. The number of carbonyl (C=O) groups is 2. The van der Waals surface area contributed by atoms with Gasteiger partial charge in [-0.15, -0.1) is 0 Å². The monoisotopic (exact) mass is 323 g/mol. The van der Waals surface area contributed by atoms with Crippen LogP contribution in [0.1, 0.15) is 25.0 Å². The predicted molar refractivity (Wildman–Crippen MR) is 82.3 cm³/mol. The standard InChI is InChI=1S/C16H21NO6/c1-4-22-15(18)13(7-5-6-10-23-16(19)21-3)14-9-8-12(20-2)11-17-14/h5-6,8-9,11,13H,4,7,10H2,1-3H3/b6-5+. The topological polar surface area (TPSA) is 84.0 Å². The third kappa shape index (κ3) is 6.37. The van der Waals surface area contributed by atoms with Crippen molar-refractivity contribution in [3.05, 3.63) is 36.2 Å². The number of methoxy groups -OCH3 is 2. The maximum Gasteiger partial charge on any atom is 0.508 e. The van der Waals surface area contributed by atoms with Gasteiger partial charge in [0, 0.05) is 0 Å². The SMILES string of the molecule is CCOC(=O)C(C/C=C/COC(=O)OC)c1ccc(OC)cn1. The van der Waals surface area contributed by atoms with Crippen molar-refractivity contribution in [1.82, 2.24) is 4.98 Å². The van der Waals surface area contributed by atoms with Crippen LogP contribution in [0.3, 0.4) is 0 Å². The van der Waals surface area contributed by atoms with Crippen LogP contribution in [0.5, 0.6) is 5.75 Å². The molecule has 0 aromatic carbocycles. The summed E-state index contributed by atoms with van der Waals surface area (Å²) in [6, 6.07) is 3.46. The fourth-order valence-corrected chi connectivity index (χ4v) is 1.77. The average molecular weight is 323 g/mol. The smallest absolute Gasteiger partial charge is 0.495 e. The average Bonchev–Trinajstić information content (AvgIpc) is 2.58. The maximum absolute atomic E-state index is 12.1. The molecule has 0 aliphatic heterocycles. The summed E-state index contributed by atoms with van der Waals surface area (Å²) in [5.41, 5.74) is 0.586. The van der Waals surface area contributed by atoms with E-state index in [1.807, 2.05) is 0 Å². The molecule has 0 bridgehead atoms. The van der Waals surface area contributed by atoms with Crippen molar-refractivity contribution in [2.24, 2.45) is 0 Å². The number of rotatable bonds is 8. The molecule has 0 fully saturated rings. The largest absolute Gasteiger partial charge is 0.508 e. The summed E-state index contributed by atoms with van der Waals surface area (Å²) in [5.74, 6) is -0.280. The van der Waals surface area contributed by atoms with Crippen molar-refractivity contribution in [3.63, 3.8) is 0 Å². The molecule has 0 saturated carbocycles. The summed E-state index contributed by atoms with van der Waals surface area (Å²) in [7, 11) is 2.78. The van der Waals surface area contributed by atoms with Crippen molar-refractivity contribution in [2.75, 3.05) is 27.4 Å². The van der Waals surface area contributed by atoms with Gasteiger partial charge >= 0.3 is 12.1 Å². The Bertz CT molecular complexity index is 526. The molecular formula is C16H21NO6. The van der Waals surface area contributed by atoms with Gasteiger partial charge in [-0.1, -0.05) is 12.2 Å². The van der Waals surface area contributed by atoms with Gasteiger partial charge in [-0.25, -0.2) is 4.79 Å². The minimum absolute atomic E-state index is 0.0677. The van der Waals surface area contributed by atoms with Gasteiger partial charge in [0.1, 0.15) is 18.3 Å². The molecular weight excluding hydrogens is 302 g/mol. The maximum atomic E-state index is 12.1. The van der Waals surface area contributed by atoms with Gasteiger partial charge in [-0.2, -0.15) is 0 Å². The van der Waals surface area contributed by atoms with Crippen LogP contribution in [0, 0.1) is 0 Å². The van der Waals surface area contributed by atoms with Crippen LogP contribution < -0.4 is 4.74 Å². The number of aromatic nitrogens is 1. The molecule has 7 nitrogen and oxygen atoms in total. The second kappa shape index (κ2) is 10.2. The van der Waals surface area contributed by atoms with Crippen LogP contribution in [-0.2, 0) is 19.0 Å². The molecule has 0 aliphatic rings.